The first-order valence-corrected chi connectivity index (χ1v) is 5.70. The van der Waals surface area contributed by atoms with Gasteiger partial charge in [-0.3, -0.25) is 0 Å². The van der Waals surface area contributed by atoms with Crippen LogP contribution in [0.5, 0.6) is 0 Å². The smallest absolute Gasteiger partial charge is 0.0699 e. The Labute approximate surface area is 87.2 Å². The van der Waals surface area contributed by atoms with Gasteiger partial charge in [-0.15, -0.1) is 0 Å². The summed E-state index contributed by atoms with van der Waals surface area (Å²) in [5.74, 6) is 0.631. The van der Waals surface area contributed by atoms with E-state index in [4.69, 9.17) is 9.47 Å². The molecule has 1 N–H and O–H groups in total. The maximum Gasteiger partial charge on any atom is 0.0699 e. The van der Waals surface area contributed by atoms with Gasteiger partial charge >= 0.3 is 0 Å². The van der Waals surface area contributed by atoms with E-state index in [2.05, 4.69) is 12.2 Å². The minimum absolute atomic E-state index is 0.380. The third-order valence-electron chi connectivity index (χ3n) is 2.63. The van der Waals surface area contributed by atoms with Gasteiger partial charge in [0.25, 0.3) is 0 Å². The maximum atomic E-state index is 5.86. The van der Waals surface area contributed by atoms with Gasteiger partial charge in [0, 0.05) is 19.1 Å². The molecule has 0 bridgehead atoms. The molecule has 1 fully saturated rings. The van der Waals surface area contributed by atoms with E-state index < -0.39 is 0 Å². The van der Waals surface area contributed by atoms with Crippen LogP contribution in [0.25, 0.3) is 0 Å². The molecule has 3 heteroatoms. The van der Waals surface area contributed by atoms with Gasteiger partial charge in [0.2, 0.25) is 0 Å². The monoisotopic (exact) mass is 201 g/mol. The first-order chi connectivity index (χ1) is 6.86. The van der Waals surface area contributed by atoms with E-state index in [9.17, 15) is 0 Å². The number of hydrogen-bond donors (Lipinski definition) is 1. The number of nitrogens with one attached hydrogen (secondary N) is 1. The Balaban J connectivity index is 2.10. The predicted octanol–water partition coefficient (Wildman–Crippen LogP) is 1.43. The molecule has 0 aromatic rings. The molecule has 0 aromatic carbocycles. The first kappa shape index (κ1) is 12.0. The van der Waals surface area contributed by atoms with Gasteiger partial charge in [-0.1, -0.05) is 13.3 Å². The Morgan fingerprint density at radius 1 is 1.57 bits per heavy atom. The molecule has 0 aromatic heterocycles. The molecule has 1 saturated heterocycles. The Morgan fingerprint density at radius 2 is 2.43 bits per heavy atom. The normalized spacial score (nSPS) is 24.0. The number of rotatable bonds is 7. The zero-order valence-corrected chi connectivity index (χ0v) is 9.42. The molecule has 2 atom stereocenters. The molecule has 1 aliphatic heterocycles. The standard InChI is InChI=1S/C11H23NO2/c1-3-4-11(7-12-2)14-9-10-5-6-13-8-10/h10-12H,3-9H2,1-2H3. The van der Waals surface area contributed by atoms with E-state index >= 15 is 0 Å². The zero-order chi connectivity index (χ0) is 10.2. The van der Waals surface area contributed by atoms with Crippen LogP contribution in [0.15, 0.2) is 0 Å². The summed E-state index contributed by atoms with van der Waals surface area (Å²) >= 11 is 0. The lowest BCUT2D eigenvalue weighted by atomic mass is 10.1. The molecule has 14 heavy (non-hydrogen) atoms. The van der Waals surface area contributed by atoms with E-state index in [0.717, 1.165) is 32.8 Å². The molecular weight excluding hydrogens is 178 g/mol. The predicted molar refractivity (Wildman–Crippen MR) is 57.5 cm³/mol. The van der Waals surface area contributed by atoms with Crippen LogP contribution >= 0.6 is 0 Å². The van der Waals surface area contributed by atoms with Gasteiger partial charge in [0.1, 0.15) is 0 Å². The second-order valence-corrected chi connectivity index (χ2v) is 4.03. The number of ether oxygens (including phenoxy) is 2. The summed E-state index contributed by atoms with van der Waals surface area (Å²) in [5, 5.41) is 3.17. The quantitative estimate of drug-likeness (QED) is 0.676. The van der Waals surface area contributed by atoms with Crippen molar-refractivity contribution < 1.29 is 9.47 Å². The van der Waals surface area contributed by atoms with Crippen molar-refractivity contribution in [3.63, 3.8) is 0 Å². The van der Waals surface area contributed by atoms with Gasteiger partial charge in [-0.25, -0.2) is 0 Å². The molecule has 3 nitrogen and oxygen atoms in total. The third-order valence-corrected chi connectivity index (χ3v) is 2.63. The average Bonchev–Trinajstić information content (AvgIpc) is 2.67. The minimum atomic E-state index is 0.380. The van der Waals surface area contributed by atoms with Crippen molar-refractivity contribution in [2.45, 2.75) is 32.3 Å². The van der Waals surface area contributed by atoms with Crippen molar-refractivity contribution in [1.29, 1.82) is 0 Å². The van der Waals surface area contributed by atoms with E-state index in [1.54, 1.807) is 0 Å². The van der Waals surface area contributed by atoms with Crippen LogP contribution in [0, 0.1) is 5.92 Å². The molecule has 84 valence electrons. The summed E-state index contributed by atoms with van der Waals surface area (Å²) in [6.07, 6.45) is 3.88. The van der Waals surface area contributed by atoms with Crippen LogP contribution < -0.4 is 5.32 Å². The molecule has 2 unspecified atom stereocenters. The lowest BCUT2D eigenvalue weighted by molar-refractivity contribution is 0.0225. The fourth-order valence-electron chi connectivity index (χ4n) is 1.78. The van der Waals surface area contributed by atoms with E-state index in [-0.39, 0.29) is 0 Å². The lowest BCUT2D eigenvalue weighted by Crippen LogP contribution is -2.28. The van der Waals surface area contributed by atoms with Gasteiger partial charge in [0.15, 0.2) is 0 Å². The highest BCUT2D eigenvalue weighted by molar-refractivity contribution is 4.66. The van der Waals surface area contributed by atoms with Crippen LogP contribution in [0.4, 0.5) is 0 Å². The van der Waals surface area contributed by atoms with E-state index in [1.807, 2.05) is 7.05 Å². The molecule has 0 saturated carbocycles. The Kier molecular flexibility index (Phi) is 6.15. The largest absolute Gasteiger partial charge is 0.381 e. The SMILES string of the molecule is CCCC(CNC)OCC1CCOC1. The molecule has 1 heterocycles. The zero-order valence-electron chi connectivity index (χ0n) is 9.42. The van der Waals surface area contributed by atoms with E-state index in [0.29, 0.717) is 12.0 Å². The van der Waals surface area contributed by atoms with Crippen LogP contribution in [0.1, 0.15) is 26.2 Å². The molecule has 1 rings (SSSR count). The van der Waals surface area contributed by atoms with Crippen molar-refractivity contribution in [2.24, 2.45) is 5.92 Å². The summed E-state index contributed by atoms with van der Waals surface area (Å²) < 4.78 is 11.2. The Morgan fingerprint density at radius 3 is 3.00 bits per heavy atom. The van der Waals surface area contributed by atoms with Crippen molar-refractivity contribution in [3.8, 4) is 0 Å². The van der Waals surface area contributed by atoms with E-state index in [1.165, 1.54) is 12.8 Å². The lowest BCUT2D eigenvalue weighted by Gasteiger charge is -2.18. The fraction of sp³-hybridized carbons (Fsp3) is 1.00. The molecule has 0 spiro atoms. The van der Waals surface area contributed by atoms with Gasteiger partial charge in [-0.05, 0) is 19.9 Å². The summed E-state index contributed by atoms with van der Waals surface area (Å²) in [6.45, 7) is 5.83. The number of hydrogen-bond acceptors (Lipinski definition) is 3. The molecule has 0 radical (unpaired) electrons. The number of likely N-dealkylation sites (N-methyl/N-ethyl adjacent to an activating group) is 1. The van der Waals surface area contributed by atoms with Crippen LogP contribution in [-0.2, 0) is 9.47 Å². The highest BCUT2D eigenvalue weighted by atomic mass is 16.5. The van der Waals surface area contributed by atoms with Gasteiger partial charge in [0.05, 0.1) is 19.3 Å². The van der Waals surface area contributed by atoms with Crippen molar-refractivity contribution >= 4 is 0 Å². The average molecular weight is 201 g/mol. The van der Waals surface area contributed by atoms with Crippen LogP contribution in [0.2, 0.25) is 0 Å². The molecule has 0 amide bonds. The first-order valence-electron chi connectivity index (χ1n) is 5.70. The van der Waals surface area contributed by atoms with Crippen molar-refractivity contribution in [2.75, 3.05) is 33.4 Å². The van der Waals surface area contributed by atoms with Crippen LogP contribution in [0.3, 0.4) is 0 Å². The summed E-state index contributed by atoms with van der Waals surface area (Å²) in [6, 6.07) is 0. The maximum absolute atomic E-state index is 5.86. The fourth-order valence-corrected chi connectivity index (χ4v) is 1.78. The Bertz CT molecular complexity index is 129. The summed E-state index contributed by atoms with van der Waals surface area (Å²) in [5.41, 5.74) is 0. The second kappa shape index (κ2) is 7.21. The van der Waals surface area contributed by atoms with Crippen molar-refractivity contribution in [1.82, 2.24) is 5.32 Å². The van der Waals surface area contributed by atoms with Gasteiger partial charge in [-0.2, -0.15) is 0 Å². The highest BCUT2D eigenvalue weighted by Gasteiger charge is 2.17. The van der Waals surface area contributed by atoms with Crippen molar-refractivity contribution in [3.05, 3.63) is 0 Å². The molecule has 1 aliphatic rings. The van der Waals surface area contributed by atoms with Gasteiger partial charge < -0.3 is 14.8 Å². The van der Waals surface area contributed by atoms with Crippen LogP contribution in [-0.4, -0.2) is 39.5 Å². The third kappa shape index (κ3) is 4.40. The summed E-state index contributed by atoms with van der Waals surface area (Å²) in [4.78, 5) is 0. The second-order valence-electron chi connectivity index (χ2n) is 4.03. The molecular formula is C11H23NO2. The molecule has 0 aliphatic carbocycles. The summed E-state index contributed by atoms with van der Waals surface area (Å²) in [7, 11) is 1.98. The minimum Gasteiger partial charge on any atom is -0.381 e. The Hall–Kier alpha value is -0.120. The topological polar surface area (TPSA) is 30.5 Å². The highest BCUT2D eigenvalue weighted by Crippen LogP contribution is 2.14.